The van der Waals surface area contributed by atoms with Gasteiger partial charge in [-0.15, -0.1) is 0 Å². The topological polar surface area (TPSA) is 50.4 Å². The first-order valence-electron chi connectivity index (χ1n) is 5.67. The van der Waals surface area contributed by atoms with Crippen LogP contribution in [0.1, 0.15) is 12.8 Å². The smallest absolute Gasteiger partial charge is 0.246 e. The van der Waals surface area contributed by atoms with Gasteiger partial charge in [0.25, 0.3) is 0 Å². The fraction of sp³-hybridized carbons (Fsp3) is 0.417. The molecule has 0 saturated heterocycles. The Bertz CT molecular complexity index is 468. The molecule has 1 aliphatic heterocycles. The Morgan fingerprint density at radius 3 is 2.94 bits per heavy atom. The van der Waals surface area contributed by atoms with E-state index in [2.05, 4.69) is 10.6 Å². The molecule has 2 rings (SSSR count). The number of hydrogen-bond acceptors (Lipinski definition) is 3. The quantitative estimate of drug-likeness (QED) is 0.829. The molecule has 0 aromatic heterocycles. The van der Waals surface area contributed by atoms with Gasteiger partial charge in [-0.1, -0.05) is 11.6 Å². The first kappa shape index (κ1) is 13.1. The Hall–Kier alpha value is -1.33. The Morgan fingerprint density at radius 2 is 2.22 bits per heavy atom. The van der Waals surface area contributed by atoms with Gasteiger partial charge in [-0.25, -0.2) is 4.39 Å². The fourth-order valence-corrected chi connectivity index (χ4v) is 2.04. The highest BCUT2D eigenvalue weighted by atomic mass is 35.5. The molecule has 4 nitrogen and oxygen atoms in total. The number of methoxy groups -OCH3 is 1. The van der Waals surface area contributed by atoms with E-state index < -0.39 is 5.82 Å². The third kappa shape index (κ3) is 2.73. The number of ether oxygens (including phenoxy) is 1. The molecule has 1 aliphatic rings. The second-order valence-corrected chi connectivity index (χ2v) is 4.54. The first-order chi connectivity index (χ1) is 8.61. The number of halogens is 2. The SMILES string of the molecule is COCCCC1Nc2cc(F)c(Cl)cc2NC1=O. The van der Waals surface area contributed by atoms with Gasteiger partial charge in [-0.3, -0.25) is 4.79 Å². The minimum Gasteiger partial charge on any atom is -0.385 e. The molecule has 0 radical (unpaired) electrons. The summed E-state index contributed by atoms with van der Waals surface area (Å²) in [7, 11) is 1.61. The van der Waals surface area contributed by atoms with Gasteiger partial charge in [0.2, 0.25) is 5.91 Å². The average molecular weight is 273 g/mol. The van der Waals surface area contributed by atoms with Crippen LogP contribution < -0.4 is 10.6 Å². The molecule has 1 aromatic rings. The van der Waals surface area contributed by atoms with Crippen LogP contribution in [0.3, 0.4) is 0 Å². The van der Waals surface area contributed by atoms with Gasteiger partial charge in [0.1, 0.15) is 11.9 Å². The molecule has 1 unspecified atom stereocenters. The van der Waals surface area contributed by atoms with Crippen LogP contribution in [0, 0.1) is 5.82 Å². The molecule has 0 saturated carbocycles. The van der Waals surface area contributed by atoms with Crippen molar-refractivity contribution in [2.45, 2.75) is 18.9 Å². The normalized spacial score (nSPS) is 17.9. The van der Waals surface area contributed by atoms with Crippen LogP contribution in [-0.4, -0.2) is 25.7 Å². The predicted octanol–water partition coefficient (Wildman–Crippen LogP) is 2.64. The third-order valence-electron chi connectivity index (χ3n) is 2.81. The lowest BCUT2D eigenvalue weighted by Gasteiger charge is -2.27. The lowest BCUT2D eigenvalue weighted by atomic mass is 10.1. The van der Waals surface area contributed by atoms with Crippen LogP contribution in [0.4, 0.5) is 15.8 Å². The summed E-state index contributed by atoms with van der Waals surface area (Å²) in [6, 6.07) is 2.33. The molecule has 1 heterocycles. The zero-order chi connectivity index (χ0) is 13.1. The van der Waals surface area contributed by atoms with E-state index in [4.69, 9.17) is 16.3 Å². The zero-order valence-electron chi connectivity index (χ0n) is 9.93. The summed E-state index contributed by atoms with van der Waals surface area (Å²) in [5.74, 6) is -0.643. The predicted molar refractivity (Wildman–Crippen MR) is 68.6 cm³/mol. The van der Waals surface area contributed by atoms with E-state index in [0.717, 1.165) is 6.42 Å². The molecule has 98 valence electrons. The maximum absolute atomic E-state index is 13.3. The number of hydrogen-bond donors (Lipinski definition) is 2. The van der Waals surface area contributed by atoms with Crippen molar-refractivity contribution >= 4 is 28.9 Å². The van der Waals surface area contributed by atoms with Crippen molar-refractivity contribution in [1.82, 2.24) is 0 Å². The van der Waals surface area contributed by atoms with E-state index in [1.54, 1.807) is 7.11 Å². The largest absolute Gasteiger partial charge is 0.385 e. The second-order valence-electron chi connectivity index (χ2n) is 4.13. The van der Waals surface area contributed by atoms with E-state index in [0.29, 0.717) is 24.4 Å². The molecule has 2 N–H and O–H groups in total. The van der Waals surface area contributed by atoms with Crippen LogP contribution in [0.25, 0.3) is 0 Å². The molecule has 1 aromatic carbocycles. The maximum atomic E-state index is 13.3. The molecule has 1 atom stereocenters. The van der Waals surface area contributed by atoms with E-state index in [9.17, 15) is 9.18 Å². The van der Waals surface area contributed by atoms with Crippen molar-refractivity contribution in [2.75, 3.05) is 24.4 Å². The maximum Gasteiger partial charge on any atom is 0.246 e. The van der Waals surface area contributed by atoms with Crippen LogP contribution >= 0.6 is 11.6 Å². The Morgan fingerprint density at radius 1 is 1.44 bits per heavy atom. The number of amides is 1. The highest BCUT2D eigenvalue weighted by Gasteiger charge is 2.25. The van der Waals surface area contributed by atoms with Crippen LogP contribution in [0.15, 0.2) is 12.1 Å². The number of anilines is 2. The number of benzene rings is 1. The summed E-state index contributed by atoms with van der Waals surface area (Å²) in [5, 5.41) is 5.71. The fourth-order valence-electron chi connectivity index (χ4n) is 1.88. The highest BCUT2D eigenvalue weighted by molar-refractivity contribution is 6.31. The molecule has 18 heavy (non-hydrogen) atoms. The van der Waals surface area contributed by atoms with Crippen molar-refractivity contribution in [2.24, 2.45) is 0 Å². The summed E-state index contributed by atoms with van der Waals surface area (Å²) in [4.78, 5) is 11.8. The van der Waals surface area contributed by atoms with Crippen LogP contribution in [-0.2, 0) is 9.53 Å². The van der Waals surface area contributed by atoms with Crippen molar-refractivity contribution in [3.8, 4) is 0 Å². The third-order valence-corrected chi connectivity index (χ3v) is 3.10. The van der Waals surface area contributed by atoms with Crippen molar-refractivity contribution in [3.05, 3.63) is 23.0 Å². The lowest BCUT2D eigenvalue weighted by molar-refractivity contribution is -0.117. The summed E-state index contributed by atoms with van der Waals surface area (Å²) < 4.78 is 18.3. The van der Waals surface area contributed by atoms with Gasteiger partial charge in [0.05, 0.1) is 16.4 Å². The minimum absolute atomic E-state index is 0.00585. The average Bonchev–Trinajstić information content (AvgIpc) is 2.33. The Labute approximate surface area is 109 Å². The standard InChI is InChI=1S/C12H14ClFN2O2/c1-18-4-2-3-9-12(17)16-10-5-7(13)8(14)6-11(10)15-9/h5-6,9,15H,2-4H2,1H3,(H,16,17). The molecule has 0 aliphatic carbocycles. The molecule has 0 spiro atoms. The molecular formula is C12H14ClFN2O2. The number of carbonyl (C=O) groups is 1. The Balaban J connectivity index is 2.12. The van der Waals surface area contributed by atoms with Gasteiger partial charge in [-0.05, 0) is 18.9 Å². The summed E-state index contributed by atoms with van der Waals surface area (Å²) >= 11 is 5.66. The van der Waals surface area contributed by atoms with E-state index in [-0.39, 0.29) is 17.0 Å². The van der Waals surface area contributed by atoms with Gasteiger partial charge >= 0.3 is 0 Å². The van der Waals surface area contributed by atoms with Gasteiger partial charge in [0.15, 0.2) is 0 Å². The van der Waals surface area contributed by atoms with E-state index in [1.165, 1.54) is 12.1 Å². The van der Waals surface area contributed by atoms with Crippen molar-refractivity contribution in [1.29, 1.82) is 0 Å². The molecule has 1 amide bonds. The number of carbonyl (C=O) groups excluding carboxylic acids is 1. The summed E-state index contributed by atoms with van der Waals surface area (Å²) in [6.07, 6.45) is 1.39. The highest BCUT2D eigenvalue weighted by Crippen LogP contribution is 2.32. The summed E-state index contributed by atoms with van der Waals surface area (Å²) in [5.41, 5.74) is 1.06. The van der Waals surface area contributed by atoms with Gasteiger partial charge < -0.3 is 15.4 Å². The lowest BCUT2D eigenvalue weighted by Crippen LogP contribution is -2.39. The molecule has 0 bridgehead atoms. The van der Waals surface area contributed by atoms with E-state index >= 15 is 0 Å². The monoisotopic (exact) mass is 272 g/mol. The van der Waals surface area contributed by atoms with E-state index in [1.807, 2.05) is 0 Å². The number of rotatable bonds is 4. The Kier molecular flexibility index (Phi) is 4.04. The van der Waals surface area contributed by atoms with Crippen LogP contribution in [0.5, 0.6) is 0 Å². The summed E-state index contributed by atoms with van der Waals surface area (Å²) in [6.45, 7) is 0.591. The van der Waals surface area contributed by atoms with Gasteiger partial charge in [0, 0.05) is 19.8 Å². The number of nitrogens with one attached hydrogen (secondary N) is 2. The van der Waals surface area contributed by atoms with Crippen LogP contribution in [0.2, 0.25) is 5.02 Å². The molecular weight excluding hydrogens is 259 g/mol. The molecule has 0 fully saturated rings. The molecule has 6 heteroatoms. The zero-order valence-corrected chi connectivity index (χ0v) is 10.7. The van der Waals surface area contributed by atoms with Gasteiger partial charge in [-0.2, -0.15) is 0 Å². The first-order valence-corrected chi connectivity index (χ1v) is 6.05. The number of fused-ring (bicyclic) bond motifs is 1. The minimum atomic E-state index is -0.505. The second kappa shape index (κ2) is 5.54. The van der Waals surface area contributed by atoms with Crippen molar-refractivity contribution in [3.63, 3.8) is 0 Å². The van der Waals surface area contributed by atoms with Crippen molar-refractivity contribution < 1.29 is 13.9 Å².